The minimum absolute atomic E-state index is 0.117. The fraction of sp³-hybridized carbons (Fsp3) is 0.261. The van der Waals surface area contributed by atoms with Crippen molar-refractivity contribution in [1.82, 2.24) is 14.8 Å². The minimum atomic E-state index is -0.470. The Morgan fingerprint density at radius 1 is 1.19 bits per heavy atom. The molecule has 1 aliphatic carbocycles. The van der Waals surface area contributed by atoms with Crippen molar-refractivity contribution in [3.8, 4) is 17.1 Å². The van der Waals surface area contributed by atoms with E-state index in [9.17, 15) is 14.3 Å². The van der Waals surface area contributed by atoms with Gasteiger partial charge in [0.15, 0.2) is 11.0 Å². The number of aromatic hydroxyl groups is 1. The van der Waals surface area contributed by atoms with Gasteiger partial charge in [0, 0.05) is 29.3 Å². The maximum Gasteiger partial charge on any atom is 0.336 e. The Bertz CT molecular complexity index is 1340. The van der Waals surface area contributed by atoms with Gasteiger partial charge in [-0.1, -0.05) is 30.8 Å². The van der Waals surface area contributed by atoms with E-state index in [4.69, 9.17) is 4.42 Å². The largest absolute Gasteiger partial charge is 0.508 e. The van der Waals surface area contributed by atoms with Crippen molar-refractivity contribution in [3.63, 3.8) is 0 Å². The van der Waals surface area contributed by atoms with Crippen LogP contribution in [0.2, 0.25) is 0 Å². The summed E-state index contributed by atoms with van der Waals surface area (Å²) in [5, 5.41) is 20.2. The van der Waals surface area contributed by atoms with Gasteiger partial charge in [0.25, 0.3) is 0 Å². The third kappa shape index (κ3) is 3.72. The lowest BCUT2D eigenvalue weighted by molar-refractivity contribution is 0.466. The van der Waals surface area contributed by atoms with Crippen LogP contribution in [0, 0.1) is 5.82 Å². The molecule has 158 valence electrons. The summed E-state index contributed by atoms with van der Waals surface area (Å²) in [6.07, 6.45) is 2.67. The Hall–Kier alpha value is -3.13. The highest BCUT2D eigenvalue weighted by Crippen LogP contribution is 2.42. The molecule has 8 heteroatoms. The van der Waals surface area contributed by atoms with E-state index in [1.54, 1.807) is 18.2 Å². The smallest absolute Gasteiger partial charge is 0.336 e. The molecule has 6 nitrogen and oxygen atoms in total. The number of aryl methyl sites for hydroxylation is 1. The first-order chi connectivity index (χ1) is 15.0. The molecular formula is C23H20FN3O3S. The molecule has 0 saturated heterocycles. The number of rotatable bonds is 6. The van der Waals surface area contributed by atoms with Crippen molar-refractivity contribution in [2.24, 2.45) is 0 Å². The van der Waals surface area contributed by atoms with Crippen LogP contribution in [-0.2, 0) is 12.2 Å². The molecule has 0 bridgehead atoms. The van der Waals surface area contributed by atoms with Gasteiger partial charge in [-0.25, -0.2) is 9.18 Å². The van der Waals surface area contributed by atoms with Gasteiger partial charge in [0.1, 0.15) is 17.1 Å². The first kappa shape index (κ1) is 19.8. The molecule has 0 atom stereocenters. The monoisotopic (exact) mass is 437 g/mol. The number of hydrogen-bond donors (Lipinski definition) is 1. The van der Waals surface area contributed by atoms with Crippen molar-refractivity contribution in [2.75, 3.05) is 0 Å². The molecule has 1 fully saturated rings. The van der Waals surface area contributed by atoms with Crippen LogP contribution in [-0.4, -0.2) is 19.9 Å². The van der Waals surface area contributed by atoms with Crippen LogP contribution in [0.15, 0.2) is 56.8 Å². The normalized spacial score (nSPS) is 13.7. The summed E-state index contributed by atoms with van der Waals surface area (Å²) >= 11 is 1.45. The van der Waals surface area contributed by atoms with Gasteiger partial charge in [-0.05, 0) is 48.6 Å². The van der Waals surface area contributed by atoms with Crippen molar-refractivity contribution >= 4 is 22.7 Å². The van der Waals surface area contributed by atoms with Gasteiger partial charge in [-0.15, -0.1) is 10.2 Å². The summed E-state index contributed by atoms with van der Waals surface area (Å²) in [7, 11) is 0. The fourth-order valence-corrected chi connectivity index (χ4v) is 4.71. The van der Waals surface area contributed by atoms with Crippen LogP contribution < -0.4 is 5.63 Å². The molecule has 0 spiro atoms. The van der Waals surface area contributed by atoms with Crippen LogP contribution in [0.5, 0.6) is 5.75 Å². The van der Waals surface area contributed by atoms with Crippen molar-refractivity contribution in [2.45, 2.75) is 43.1 Å². The third-order valence-corrected chi connectivity index (χ3v) is 6.45. The molecule has 31 heavy (non-hydrogen) atoms. The molecule has 1 aliphatic rings. The second kappa shape index (κ2) is 7.85. The molecule has 4 aromatic rings. The molecule has 2 aromatic heterocycles. The van der Waals surface area contributed by atoms with Crippen LogP contribution in [0.3, 0.4) is 0 Å². The summed E-state index contributed by atoms with van der Waals surface area (Å²) in [6.45, 7) is 1.96. The molecule has 0 radical (unpaired) electrons. The highest BCUT2D eigenvalue weighted by atomic mass is 32.2. The Balaban J connectivity index is 1.52. The first-order valence-corrected chi connectivity index (χ1v) is 11.1. The molecule has 5 rings (SSSR count). The van der Waals surface area contributed by atoms with Gasteiger partial charge in [0.2, 0.25) is 0 Å². The average Bonchev–Trinajstić information content (AvgIpc) is 3.51. The molecular weight excluding hydrogens is 417 g/mol. The third-order valence-electron chi connectivity index (χ3n) is 5.46. The van der Waals surface area contributed by atoms with E-state index < -0.39 is 5.63 Å². The van der Waals surface area contributed by atoms with E-state index in [2.05, 4.69) is 10.2 Å². The Morgan fingerprint density at radius 3 is 2.74 bits per heavy atom. The maximum absolute atomic E-state index is 14.4. The summed E-state index contributed by atoms with van der Waals surface area (Å²) in [6, 6.07) is 11.7. The first-order valence-electron chi connectivity index (χ1n) is 10.2. The van der Waals surface area contributed by atoms with Crippen molar-refractivity contribution < 1.29 is 13.9 Å². The molecule has 2 heterocycles. The molecule has 0 aliphatic heterocycles. The number of phenols is 1. The van der Waals surface area contributed by atoms with Crippen LogP contribution in [0.25, 0.3) is 22.4 Å². The number of fused-ring (bicyclic) bond motifs is 1. The van der Waals surface area contributed by atoms with E-state index in [0.29, 0.717) is 34.3 Å². The van der Waals surface area contributed by atoms with E-state index in [1.807, 2.05) is 17.6 Å². The van der Waals surface area contributed by atoms with E-state index in [1.165, 1.54) is 30.0 Å². The Kier molecular flexibility index (Phi) is 5.02. The predicted octanol–water partition coefficient (Wildman–Crippen LogP) is 5.09. The minimum Gasteiger partial charge on any atom is -0.508 e. The fourth-order valence-electron chi connectivity index (χ4n) is 3.72. The summed E-state index contributed by atoms with van der Waals surface area (Å²) < 4.78 is 21.7. The second-order valence-electron chi connectivity index (χ2n) is 7.60. The average molecular weight is 437 g/mol. The zero-order valence-electron chi connectivity index (χ0n) is 16.8. The molecule has 2 aromatic carbocycles. The molecule has 0 unspecified atom stereocenters. The highest BCUT2D eigenvalue weighted by molar-refractivity contribution is 7.98. The zero-order valence-corrected chi connectivity index (χ0v) is 17.7. The summed E-state index contributed by atoms with van der Waals surface area (Å²) in [5.41, 5.74) is 1.90. The van der Waals surface area contributed by atoms with Gasteiger partial charge in [0.05, 0.1) is 5.56 Å². The SMILES string of the molecule is CCc1cc2c(CSc3nnc(-c4ccccc4F)n3C3CC3)cc(=O)oc2cc1O. The standard InChI is InChI=1S/C23H20FN3O3S/c1-2-13-9-17-14(10-21(29)30-20(17)11-19(13)28)12-31-23-26-25-22(27(23)15-7-8-15)16-5-3-4-6-18(16)24/h3-6,9-11,15,28H,2,7-8,12H2,1H3. The van der Waals surface area contributed by atoms with Crippen molar-refractivity contribution in [3.05, 3.63) is 69.8 Å². The topological polar surface area (TPSA) is 81.2 Å². The lowest BCUT2D eigenvalue weighted by Gasteiger charge is -2.11. The number of phenolic OH excluding ortho intramolecular Hbond substituents is 1. The highest BCUT2D eigenvalue weighted by Gasteiger charge is 2.31. The predicted molar refractivity (Wildman–Crippen MR) is 117 cm³/mol. The molecule has 1 saturated carbocycles. The Labute approximate surface area is 181 Å². The van der Waals surface area contributed by atoms with E-state index in [-0.39, 0.29) is 17.6 Å². The number of benzene rings is 2. The van der Waals surface area contributed by atoms with Crippen LogP contribution in [0.4, 0.5) is 4.39 Å². The number of halogens is 1. The number of aromatic nitrogens is 3. The van der Waals surface area contributed by atoms with E-state index >= 15 is 0 Å². The number of nitrogens with zero attached hydrogens (tertiary/aromatic N) is 3. The molecule has 0 amide bonds. The Morgan fingerprint density at radius 2 is 2.00 bits per heavy atom. The zero-order chi connectivity index (χ0) is 21.5. The van der Waals surface area contributed by atoms with Gasteiger partial charge in [-0.2, -0.15) is 0 Å². The number of thioether (sulfide) groups is 1. The maximum atomic E-state index is 14.4. The van der Waals surface area contributed by atoms with Crippen LogP contribution >= 0.6 is 11.8 Å². The molecule has 1 N–H and O–H groups in total. The second-order valence-corrected chi connectivity index (χ2v) is 8.54. The lowest BCUT2D eigenvalue weighted by atomic mass is 10.1. The van der Waals surface area contributed by atoms with Gasteiger partial charge in [-0.3, -0.25) is 4.57 Å². The lowest BCUT2D eigenvalue weighted by Crippen LogP contribution is -2.03. The van der Waals surface area contributed by atoms with E-state index in [0.717, 1.165) is 29.4 Å². The van der Waals surface area contributed by atoms with Crippen LogP contribution in [0.1, 0.15) is 36.9 Å². The quantitative estimate of drug-likeness (QED) is 0.334. The van der Waals surface area contributed by atoms with Gasteiger partial charge >= 0.3 is 5.63 Å². The number of hydrogen-bond acceptors (Lipinski definition) is 6. The van der Waals surface area contributed by atoms with Gasteiger partial charge < -0.3 is 9.52 Å². The summed E-state index contributed by atoms with van der Waals surface area (Å²) in [5.74, 6) is 0.787. The van der Waals surface area contributed by atoms with Crippen molar-refractivity contribution in [1.29, 1.82) is 0 Å². The summed E-state index contributed by atoms with van der Waals surface area (Å²) in [4.78, 5) is 12.1.